The van der Waals surface area contributed by atoms with Crippen LogP contribution in [0.1, 0.15) is 18.2 Å². The molecule has 2 aromatic carbocycles. The molecule has 29 heavy (non-hydrogen) atoms. The third-order valence-electron chi connectivity index (χ3n) is 4.31. The number of hydrogen-bond acceptors (Lipinski definition) is 6. The van der Waals surface area contributed by atoms with E-state index >= 15 is 0 Å². The number of rotatable bonds is 10. The van der Waals surface area contributed by atoms with E-state index in [0.717, 1.165) is 22.7 Å². The van der Waals surface area contributed by atoms with Crippen LogP contribution in [-0.4, -0.2) is 32.9 Å². The topological polar surface area (TPSA) is 77.5 Å². The Morgan fingerprint density at radius 1 is 1.03 bits per heavy atom. The van der Waals surface area contributed by atoms with Gasteiger partial charge in [-0.15, -0.1) is 11.3 Å². The van der Waals surface area contributed by atoms with Crippen molar-refractivity contribution in [3.63, 3.8) is 0 Å². The summed E-state index contributed by atoms with van der Waals surface area (Å²) in [7, 11) is -1.83. The highest BCUT2D eigenvalue weighted by atomic mass is 32.2. The molecule has 3 aromatic rings. The SMILES string of the molecule is CCc1ccc(OCCS(=O)(=O)NCc2csc(-c3ccc(OC)cc3)n2)cc1. The van der Waals surface area contributed by atoms with Crippen molar-refractivity contribution in [2.75, 3.05) is 19.5 Å². The van der Waals surface area contributed by atoms with Gasteiger partial charge in [0.2, 0.25) is 10.0 Å². The van der Waals surface area contributed by atoms with Crippen LogP contribution in [0.2, 0.25) is 0 Å². The van der Waals surface area contributed by atoms with Gasteiger partial charge in [-0.25, -0.2) is 18.1 Å². The standard InChI is InChI=1S/C21H24N2O4S2/c1-3-16-4-8-20(9-5-16)27-12-13-29(24,25)22-14-18-15-28-21(23-18)17-6-10-19(26-2)11-7-17/h4-11,15,22H,3,12-14H2,1-2H3. The molecule has 6 nitrogen and oxygen atoms in total. The highest BCUT2D eigenvalue weighted by Gasteiger charge is 2.12. The second-order valence-corrected chi connectivity index (χ2v) is 9.14. The Morgan fingerprint density at radius 2 is 1.72 bits per heavy atom. The Hall–Kier alpha value is -2.42. The van der Waals surface area contributed by atoms with Gasteiger partial charge in [-0.3, -0.25) is 0 Å². The van der Waals surface area contributed by atoms with Crippen molar-refractivity contribution >= 4 is 21.4 Å². The zero-order valence-electron chi connectivity index (χ0n) is 16.4. The number of ether oxygens (including phenoxy) is 2. The molecule has 0 amide bonds. The van der Waals surface area contributed by atoms with Crippen LogP contribution in [0.5, 0.6) is 11.5 Å². The van der Waals surface area contributed by atoms with Crippen LogP contribution in [0, 0.1) is 0 Å². The fourth-order valence-corrected chi connectivity index (χ4v) is 4.24. The van der Waals surface area contributed by atoms with E-state index in [1.54, 1.807) is 7.11 Å². The molecule has 154 valence electrons. The molecule has 0 aliphatic carbocycles. The van der Waals surface area contributed by atoms with Crippen molar-refractivity contribution in [3.8, 4) is 22.1 Å². The van der Waals surface area contributed by atoms with Gasteiger partial charge < -0.3 is 9.47 Å². The monoisotopic (exact) mass is 432 g/mol. The minimum absolute atomic E-state index is 0.0922. The molecule has 0 unspecified atom stereocenters. The zero-order chi connectivity index (χ0) is 20.7. The fourth-order valence-electron chi connectivity index (χ4n) is 2.60. The van der Waals surface area contributed by atoms with E-state index in [-0.39, 0.29) is 18.9 Å². The minimum atomic E-state index is -3.45. The molecule has 0 atom stereocenters. The van der Waals surface area contributed by atoms with E-state index in [1.165, 1.54) is 16.9 Å². The van der Waals surface area contributed by atoms with Crippen LogP contribution in [0.3, 0.4) is 0 Å². The molecule has 0 radical (unpaired) electrons. The van der Waals surface area contributed by atoms with Crippen molar-refractivity contribution in [2.45, 2.75) is 19.9 Å². The summed E-state index contributed by atoms with van der Waals surface area (Å²) in [6.45, 7) is 2.32. The van der Waals surface area contributed by atoms with Crippen LogP contribution in [-0.2, 0) is 23.0 Å². The third kappa shape index (κ3) is 6.28. The highest BCUT2D eigenvalue weighted by molar-refractivity contribution is 7.89. The maximum absolute atomic E-state index is 12.2. The molecule has 1 N–H and O–H groups in total. The summed E-state index contributed by atoms with van der Waals surface area (Å²) in [6, 6.07) is 15.3. The van der Waals surface area contributed by atoms with E-state index in [1.807, 2.05) is 53.9 Å². The minimum Gasteiger partial charge on any atom is -0.497 e. The van der Waals surface area contributed by atoms with Gasteiger partial charge in [0.25, 0.3) is 0 Å². The zero-order valence-corrected chi connectivity index (χ0v) is 18.1. The van der Waals surface area contributed by atoms with Crippen molar-refractivity contribution < 1.29 is 17.9 Å². The normalized spacial score (nSPS) is 11.4. The summed E-state index contributed by atoms with van der Waals surface area (Å²) >= 11 is 1.47. The number of sulfonamides is 1. The number of thiazole rings is 1. The van der Waals surface area contributed by atoms with Crippen molar-refractivity contribution in [3.05, 3.63) is 65.2 Å². The van der Waals surface area contributed by atoms with E-state index in [0.29, 0.717) is 11.4 Å². The number of aromatic nitrogens is 1. The van der Waals surface area contributed by atoms with Crippen molar-refractivity contribution in [1.82, 2.24) is 9.71 Å². The second kappa shape index (κ2) is 9.87. The Kier molecular flexibility index (Phi) is 7.24. The van der Waals surface area contributed by atoms with Gasteiger partial charge in [0, 0.05) is 10.9 Å². The first-order chi connectivity index (χ1) is 14.0. The molecule has 1 heterocycles. The van der Waals surface area contributed by atoms with Crippen molar-refractivity contribution in [2.24, 2.45) is 0 Å². The Morgan fingerprint density at radius 3 is 2.38 bits per heavy atom. The number of aryl methyl sites for hydroxylation is 1. The smallest absolute Gasteiger partial charge is 0.215 e. The summed E-state index contributed by atoms with van der Waals surface area (Å²) in [6.07, 6.45) is 0.954. The van der Waals surface area contributed by atoms with Crippen LogP contribution < -0.4 is 14.2 Å². The molecule has 0 aliphatic rings. The van der Waals surface area contributed by atoms with E-state index < -0.39 is 10.0 Å². The third-order valence-corrected chi connectivity index (χ3v) is 6.54. The molecule has 0 fully saturated rings. The van der Waals surface area contributed by atoms with Crippen molar-refractivity contribution in [1.29, 1.82) is 0 Å². The van der Waals surface area contributed by atoms with Crippen LogP contribution in [0.25, 0.3) is 10.6 Å². The molecular weight excluding hydrogens is 408 g/mol. The molecule has 8 heteroatoms. The first kappa shape index (κ1) is 21.3. The highest BCUT2D eigenvalue weighted by Crippen LogP contribution is 2.25. The van der Waals surface area contributed by atoms with Gasteiger partial charge in [-0.1, -0.05) is 19.1 Å². The van der Waals surface area contributed by atoms with E-state index in [9.17, 15) is 8.42 Å². The van der Waals surface area contributed by atoms with Gasteiger partial charge in [-0.2, -0.15) is 0 Å². The number of nitrogens with one attached hydrogen (secondary N) is 1. The average Bonchev–Trinajstić information content (AvgIpc) is 3.22. The second-order valence-electron chi connectivity index (χ2n) is 6.36. The molecule has 0 bridgehead atoms. The molecule has 3 rings (SSSR count). The summed E-state index contributed by atoms with van der Waals surface area (Å²) in [5, 5.41) is 2.69. The lowest BCUT2D eigenvalue weighted by Gasteiger charge is -2.08. The molecule has 0 aliphatic heterocycles. The molecule has 0 spiro atoms. The summed E-state index contributed by atoms with van der Waals surface area (Å²) in [4.78, 5) is 4.50. The summed E-state index contributed by atoms with van der Waals surface area (Å²) < 4.78 is 37.7. The van der Waals surface area contributed by atoms with Crippen LogP contribution >= 0.6 is 11.3 Å². The Bertz CT molecular complexity index is 1010. The number of methoxy groups -OCH3 is 1. The molecule has 1 aromatic heterocycles. The lowest BCUT2D eigenvalue weighted by Crippen LogP contribution is -2.28. The fraction of sp³-hybridized carbons (Fsp3) is 0.286. The number of hydrogen-bond donors (Lipinski definition) is 1. The van der Waals surface area contributed by atoms with Crippen LogP contribution in [0.4, 0.5) is 0 Å². The predicted octanol–water partition coefficient (Wildman–Crippen LogP) is 3.88. The molecular formula is C21H24N2O4S2. The maximum Gasteiger partial charge on any atom is 0.215 e. The number of nitrogens with zero attached hydrogens (tertiary/aromatic N) is 1. The Labute approximate surface area is 175 Å². The quantitative estimate of drug-likeness (QED) is 0.526. The van der Waals surface area contributed by atoms with Gasteiger partial charge in [-0.05, 0) is 48.4 Å². The van der Waals surface area contributed by atoms with Crippen LogP contribution in [0.15, 0.2) is 53.9 Å². The predicted molar refractivity (Wildman–Crippen MR) is 116 cm³/mol. The average molecular weight is 433 g/mol. The van der Waals surface area contributed by atoms with Gasteiger partial charge in [0.05, 0.1) is 25.1 Å². The maximum atomic E-state index is 12.2. The first-order valence-electron chi connectivity index (χ1n) is 9.27. The lowest BCUT2D eigenvalue weighted by atomic mass is 10.2. The molecule has 0 saturated heterocycles. The molecule has 0 saturated carbocycles. The van der Waals surface area contributed by atoms with Gasteiger partial charge in [0.1, 0.15) is 23.1 Å². The van der Waals surface area contributed by atoms with E-state index in [4.69, 9.17) is 9.47 Å². The van der Waals surface area contributed by atoms with E-state index in [2.05, 4.69) is 16.6 Å². The summed E-state index contributed by atoms with van der Waals surface area (Å²) in [5.41, 5.74) is 2.86. The lowest BCUT2D eigenvalue weighted by molar-refractivity contribution is 0.340. The number of benzene rings is 2. The Balaban J connectivity index is 1.48. The summed E-state index contributed by atoms with van der Waals surface area (Å²) in [5.74, 6) is 1.33. The van der Waals surface area contributed by atoms with Gasteiger partial charge in [0.15, 0.2) is 0 Å². The largest absolute Gasteiger partial charge is 0.497 e. The first-order valence-corrected chi connectivity index (χ1v) is 11.8. The van der Waals surface area contributed by atoms with Gasteiger partial charge >= 0.3 is 0 Å².